The second-order valence-corrected chi connectivity index (χ2v) is 5.89. The molecular formula is C15H16N6OS. The van der Waals surface area contributed by atoms with Crippen molar-refractivity contribution >= 4 is 23.1 Å². The lowest BCUT2D eigenvalue weighted by molar-refractivity contribution is 0.249. The van der Waals surface area contributed by atoms with E-state index in [4.69, 9.17) is 0 Å². The lowest BCUT2D eigenvalue weighted by Crippen LogP contribution is -2.31. The van der Waals surface area contributed by atoms with Crippen molar-refractivity contribution in [2.75, 3.05) is 5.32 Å². The predicted molar refractivity (Wildman–Crippen MR) is 88.8 cm³/mol. The number of carbonyl (C=O) groups is 1. The summed E-state index contributed by atoms with van der Waals surface area (Å²) in [6.45, 7) is 3.83. The summed E-state index contributed by atoms with van der Waals surface area (Å²) in [5.74, 6) is 0.688. The zero-order chi connectivity index (χ0) is 16.2. The van der Waals surface area contributed by atoms with Gasteiger partial charge in [0, 0.05) is 23.5 Å². The van der Waals surface area contributed by atoms with Crippen LogP contribution in [0.3, 0.4) is 0 Å². The molecule has 2 amide bonds. The zero-order valence-corrected chi connectivity index (χ0v) is 13.5. The van der Waals surface area contributed by atoms with Crippen molar-refractivity contribution in [2.24, 2.45) is 0 Å². The van der Waals surface area contributed by atoms with Crippen LogP contribution in [0.5, 0.6) is 0 Å². The Hall–Kier alpha value is -2.74. The van der Waals surface area contributed by atoms with Gasteiger partial charge in [-0.1, -0.05) is 0 Å². The second-order valence-electron chi connectivity index (χ2n) is 5.00. The van der Waals surface area contributed by atoms with Crippen molar-refractivity contribution in [3.8, 4) is 5.82 Å². The molecule has 3 rings (SSSR count). The summed E-state index contributed by atoms with van der Waals surface area (Å²) >= 11 is 1.53. The van der Waals surface area contributed by atoms with Gasteiger partial charge in [0.25, 0.3) is 0 Å². The van der Waals surface area contributed by atoms with Crippen LogP contribution < -0.4 is 10.6 Å². The smallest absolute Gasteiger partial charge is 0.319 e. The number of hydrogen-bond acceptors (Lipinski definition) is 5. The molecule has 0 unspecified atom stereocenters. The van der Waals surface area contributed by atoms with Crippen LogP contribution in [0.2, 0.25) is 0 Å². The van der Waals surface area contributed by atoms with Gasteiger partial charge in [0.15, 0.2) is 5.82 Å². The van der Waals surface area contributed by atoms with Crippen LogP contribution in [-0.4, -0.2) is 25.8 Å². The van der Waals surface area contributed by atoms with Gasteiger partial charge in [0.05, 0.1) is 17.9 Å². The van der Waals surface area contributed by atoms with E-state index in [9.17, 15) is 4.79 Å². The average Bonchev–Trinajstić information content (AvgIpc) is 3.19. The van der Waals surface area contributed by atoms with Crippen LogP contribution in [0.4, 0.5) is 10.5 Å². The molecule has 3 aromatic heterocycles. The van der Waals surface area contributed by atoms with Gasteiger partial charge in [0.1, 0.15) is 5.01 Å². The van der Waals surface area contributed by atoms with E-state index in [0.29, 0.717) is 11.5 Å². The summed E-state index contributed by atoms with van der Waals surface area (Å²) in [5, 5.41) is 12.6. The van der Waals surface area contributed by atoms with Crippen LogP contribution >= 0.6 is 11.3 Å². The number of thiazole rings is 1. The number of carbonyl (C=O) groups excluding carboxylic acids is 1. The van der Waals surface area contributed by atoms with Crippen LogP contribution in [0.1, 0.15) is 23.7 Å². The first-order valence-corrected chi connectivity index (χ1v) is 7.95. The monoisotopic (exact) mass is 328 g/mol. The summed E-state index contributed by atoms with van der Waals surface area (Å²) < 4.78 is 1.65. The Morgan fingerprint density at radius 2 is 2.26 bits per heavy atom. The maximum atomic E-state index is 12.0. The number of hydrogen-bond donors (Lipinski definition) is 2. The SMILES string of the molecule is Cc1csc([C@@H](C)NC(=O)Nc2ccc(-n3cccn3)nc2)n1. The third-order valence-corrected chi connectivity index (χ3v) is 4.24. The van der Waals surface area contributed by atoms with Gasteiger partial charge in [-0.05, 0) is 32.0 Å². The molecule has 0 saturated heterocycles. The van der Waals surface area contributed by atoms with E-state index in [0.717, 1.165) is 10.7 Å². The fraction of sp³-hybridized carbons (Fsp3) is 0.200. The van der Waals surface area contributed by atoms with E-state index in [1.54, 1.807) is 35.4 Å². The molecule has 3 aromatic rings. The fourth-order valence-corrected chi connectivity index (χ4v) is 2.80. The molecule has 0 fully saturated rings. The standard InChI is InChI=1S/C15H16N6OS/c1-10-9-23-14(18-10)11(2)19-15(22)20-12-4-5-13(16-8-12)21-7-3-6-17-21/h3-9,11H,1-2H3,(H2,19,20,22)/t11-/m1/s1. The summed E-state index contributed by atoms with van der Waals surface area (Å²) in [6, 6.07) is 4.95. The number of nitrogens with one attached hydrogen (secondary N) is 2. The molecule has 3 heterocycles. The summed E-state index contributed by atoms with van der Waals surface area (Å²) in [6.07, 6.45) is 5.08. The fourth-order valence-electron chi connectivity index (χ4n) is 2.00. The van der Waals surface area contributed by atoms with Gasteiger partial charge in [-0.15, -0.1) is 11.3 Å². The minimum absolute atomic E-state index is 0.148. The van der Waals surface area contributed by atoms with Gasteiger partial charge in [-0.3, -0.25) is 0 Å². The second kappa shape index (κ2) is 6.57. The quantitative estimate of drug-likeness (QED) is 0.771. The third-order valence-electron chi connectivity index (χ3n) is 3.10. The summed E-state index contributed by atoms with van der Waals surface area (Å²) in [7, 11) is 0. The minimum atomic E-state index is -0.293. The minimum Gasteiger partial charge on any atom is -0.329 e. The molecular weight excluding hydrogens is 312 g/mol. The highest BCUT2D eigenvalue weighted by molar-refractivity contribution is 7.09. The Morgan fingerprint density at radius 3 is 2.87 bits per heavy atom. The Bertz CT molecular complexity index is 781. The molecule has 7 nitrogen and oxygen atoms in total. The van der Waals surface area contributed by atoms with Crippen LogP contribution in [0.15, 0.2) is 42.2 Å². The molecule has 0 saturated carbocycles. The molecule has 0 radical (unpaired) electrons. The van der Waals surface area contributed by atoms with Crippen molar-refractivity contribution in [1.29, 1.82) is 0 Å². The van der Waals surface area contributed by atoms with Gasteiger partial charge in [-0.25, -0.2) is 19.4 Å². The largest absolute Gasteiger partial charge is 0.329 e. The molecule has 0 aliphatic rings. The topological polar surface area (TPSA) is 84.7 Å². The van der Waals surface area contributed by atoms with Crippen LogP contribution in [0, 0.1) is 6.92 Å². The number of anilines is 1. The first-order chi connectivity index (χ1) is 11.1. The average molecular weight is 328 g/mol. The zero-order valence-electron chi connectivity index (χ0n) is 12.7. The molecule has 23 heavy (non-hydrogen) atoms. The lowest BCUT2D eigenvalue weighted by atomic mass is 10.3. The molecule has 0 bridgehead atoms. The Morgan fingerprint density at radius 1 is 1.39 bits per heavy atom. The first kappa shape index (κ1) is 15.2. The molecule has 1 atom stereocenters. The summed E-state index contributed by atoms with van der Waals surface area (Å²) in [5.41, 5.74) is 1.57. The lowest BCUT2D eigenvalue weighted by Gasteiger charge is -2.12. The van der Waals surface area contributed by atoms with Crippen molar-refractivity contribution in [1.82, 2.24) is 25.1 Å². The van der Waals surface area contributed by atoms with Crippen molar-refractivity contribution in [3.05, 3.63) is 52.9 Å². The molecule has 0 aliphatic carbocycles. The Labute approximate surface area is 137 Å². The Balaban J connectivity index is 1.59. The molecule has 8 heteroatoms. The number of pyridine rings is 1. The molecule has 0 aliphatic heterocycles. The highest BCUT2D eigenvalue weighted by atomic mass is 32.1. The molecule has 118 valence electrons. The molecule has 0 spiro atoms. The summed E-state index contributed by atoms with van der Waals surface area (Å²) in [4.78, 5) is 20.7. The molecule has 0 aromatic carbocycles. The number of rotatable bonds is 4. The Kier molecular flexibility index (Phi) is 4.33. The van der Waals surface area contributed by atoms with Crippen LogP contribution in [-0.2, 0) is 0 Å². The highest BCUT2D eigenvalue weighted by Crippen LogP contribution is 2.17. The number of aryl methyl sites for hydroxylation is 1. The van der Waals surface area contributed by atoms with E-state index in [2.05, 4.69) is 25.7 Å². The van der Waals surface area contributed by atoms with Gasteiger partial charge >= 0.3 is 6.03 Å². The maximum absolute atomic E-state index is 12.0. The van der Waals surface area contributed by atoms with Crippen molar-refractivity contribution in [3.63, 3.8) is 0 Å². The number of nitrogens with zero attached hydrogens (tertiary/aromatic N) is 4. The van der Waals surface area contributed by atoms with E-state index in [-0.39, 0.29) is 12.1 Å². The normalized spacial score (nSPS) is 11.9. The number of amides is 2. The molecule has 2 N–H and O–H groups in total. The van der Waals surface area contributed by atoms with Gasteiger partial charge in [0.2, 0.25) is 0 Å². The van der Waals surface area contributed by atoms with E-state index < -0.39 is 0 Å². The van der Waals surface area contributed by atoms with Gasteiger partial charge in [-0.2, -0.15) is 5.10 Å². The van der Waals surface area contributed by atoms with E-state index >= 15 is 0 Å². The van der Waals surface area contributed by atoms with Crippen molar-refractivity contribution < 1.29 is 4.79 Å². The predicted octanol–water partition coefficient (Wildman–Crippen LogP) is 2.91. The van der Waals surface area contributed by atoms with Crippen LogP contribution in [0.25, 0.3) is 5.82 Å². The van der Waals surface area contributed by atoms with Gasteiger partial charge < -0.3 is 10.6 Å². The third kappa shape index (κ3) is 3.72. The van der Waals surface area contributed by atoms with E-state index in [1.165, 1.54) is 11.3 Å². The maximum Gasteiger partial charge on any atom is 0.319 e. The van der Waals surface area contributed by atoms with E-state index in [1.807, 2.05) is 25.3 Å². The number of aromatic nitrogens is 4. The first-order valence-electron chi connectivity index (χ1n) is 7.07. The number of urea groups is 1. The highest BCUT2D eigenvalue weighted by Gasteiger charge is 2.12. The van der Waals surface area contributed by atoms with Crippen molar-refractivity contribution in [2.45, 2.75) is 19.9 Å².